The second-order valence-electron chi connectivity index (χ2n) is 4.06. The first-order valence-corrected chi connectivity index (χ1v) is 7.32. The van der Waals surface area contributed by atoms with Crippen molar-refractivity contribution in [2.24, 2.45) is 0 Å². The molecule has 2 rings (SSSR count). The monoisotopic (exact) mass is 368 g/mol. The molecule has 2 aromatic rings. The first-order chi connectivity index (χ1) is 9.88. The van der Waals surface area contributed by atoms with E-state index in [-0.39, 0.29) is 11.3 Å². The van der Waals surface area contributed by atoms with Crippen LogP contribution in [-0.4, -0.2) is 21.0 Å². The van der Waals surface area contributed by atoms with Gasteiger partial charge in [0, 0.05) is 15.4 Å². The van der Waals surface area contributed by atoms with Gasteiger partial charge in [-0.25, -0.2) is 9.78 Å². The fourth-order valence-electron chi connectivity index (χ4n) is 1.63. The number of nitro groups is 1. The highest BCUT2D eigenvalue weighted by molar-refractivity contribution is 9.10. The number of aryl methyl sites for hydroxylation is 1. The third kappa shape index (κ3) is 3.59. The third-order valence-electron chi connectivity index (χ3n) is 2.62. The molecule has 6 nitrogen and oxygen atoms in total. The van der Waals surface area contributed by atoms with Crippen molar-refractivity contribution in [2.45, 2.75) is 16.8 Å². The summed E-state index contributed by atoms with van der Waals surface area (Å²) in [6.07, 6.45) is 0. The van der Waals surface area contributed by atoms with Crippen LogP contribution in [0.3, 0.4) is 0 Å². The summed E-state index contributed by atoms with van der Waals surface area (Å²) in [5.74, 6) is -1.03. The molecule has 0 bridgehead atoms. The molecule has 1 aromatic heterocycles. The van der Waals surface area contributed by atoms with E-state index in [0.717, 1.165) is 0 Å². The molecule has 0 atom stereocenters. The Hall–Kier alpha value is -1.93. The number of pyridine rings is 1. The minimum absolute atomic E-state index is 0.0404. The molecule has 0 amide bonds. The lowest BCUT2D eigenvalue weighted by atomic mass is 10.2. The molecule has 0 saturated heterocycles. The van der Waals surface area contributed by atoms with E-state index in [0.29, 0.717) is 20.1 Å². The van der Waals surface area contributed by atoms with Gasteiger partial charge < -0.3 is 5.11 Å². The van der Waals surface area contributed by atoms with E-state index < -0.39 is 10.9 Å². The van der Waals surface area contributed by atoms with Crippen molar-refractivity contribution in [3.05, 3.63) is 56.2 Å². The van der Waals surface area contributed by atoms with Crippen molar-refractivity contribution in [3.63, 3.8) is 0 Å². The number of halogens is 1. The summed E-state index contributed by atoms with van der Waals surface area (Å²) in [5, 5.41) is 20.4. The molecule has 21 heavy (non-hydrogen) atoms. The minimum atomic E-state index is -1.03. The molecule has 1 N–H and O–H groups in total. The highest BCUT2D eigenvalue weighted by Crippen LogP contribution is 2.31. The van der Waals surface area contributed by atoms with Crippen LogP contribution in [0.25, 0.3) is 0 Å². The van der Waals surface area contributed by atoms with E-state index in [4.69, 9.17) is 5.11 Å². The molecular weight excluding hydrogens is 360 g/mol. The van der Waals surface area contributed by atoms with Crippen LogP contribution in [0.2, 0.25) is 0 Å². The number of rotatable bonds is 4. The summed E-state index contributed by atoms with van der Waals surface area (Å²) >= 11 is 4.42. The summed E-state index contributed by atoms with van der Waals surface area (Å²) in [4.78, 5) is 26.2. The van der Waals surface area contributed by atoms with Gasteiger partial charge in [-0.2, -0.15) is 0 Å². The minimum Gasteiger partial charge on any atom is -0.478 e. The molecular formula is C13H9BrN2O4S. The normalized spacial score (nSPS) is 10.4. The fourth-order valence-corrected chi connectivity index (χ4v) is 2.92. The summed E-state index contributed by atoms with van der Waals surface area (Å²) in [5.41, 5.74) is 0.431. The molecule has 8 heteroatoms. The Morgan fingerprint density at radius 3 is 2.67 bits per heavy atom. The molecule has 0 radical (unpaired) electrons. The van der Waals surface area contributed by atoms with E-state index in [1.54, 1.807) is 19.1 Å². The van der Waals surface area contributed by atoms with Gasteiger partial charge in [0.2, 0.25) is 0 Å². The van der Waals surface area contributed by atoms with E-state index in [1.165, 1.54) is 30.0 Å². The van der Waals surface area contributed by atoms with Crippen molar-refractivity contribution in [3.8, 4) is 0 Å². The van der Waals surface area contributed by atoms with Gasteiger partial charge in [-0.1, -0.05) is 11.8 Å². The summed E-state index contributed by atoms with van der Waals surface area (Å²) < 4.78 is 0.493. The smallest absolute Gasteiger partial charge is 0.336 e. The Morgan fingerprint density at radius 2 is 2.10 bits per heavy atom. The number of aromatic nitrogens is 1. The zero-order chi connectivity index (χ0) is 15.6. The number of hydrogen-bond acceptors (Lipinski definition) is 5. The van der Waals surface area contributed by atoms with E-state index >= 15 is 0 Å². The molecule has 0 aliphatic carbocycles. The maximum absolute atomic E-state index is 11.1. The number of carboxylic acids is 1. The molecule has 0 aliphatic rings. The highest BCUT2D eigenvalue weighted by Gasteiger charge is 2.14. The Balaban J connectivity index is 2.30. The number of carbonyl (C=O) groups is 1. The highest BCUT2D eigenvalue weighted by atomic mass is 79.9. The predicted molar refractivity (Wildman–Crippen MR) is 80.9 cm³/mol. The quantitative estimate of drug-likeness (QED) is 0.649. The van der Waals surface area contributed by atoms with Gasteiger partial charge in [-0.05, 0) is 47.1 Å². The van der Waals surface area contributed by atoms with Gasteiger partial charge >= 0.3 is 5.97 Å². The van der Waals surface area contributed by atoms with Crippen LogP contribution in [0.1, 0.15) is 16.1 Å². The average Bonchev–Trinajstić information content (AvgIpc) is 2.40. The van der Waals surface area contributed by atoms with Crippen LogP contribution in [0.5, 0.6) is 0 Å². The SMILES string of the molecule is Cc1nc(Sc2ccc(Br)c(C(=O)O)c2)ccc1[N+](=O)[O-]. The molecule has 1 aromatic carbocycles. The maximum atomic E-state index is 11.1. The lowest BCUT2D eigenvalue weighted by Crippen LogP contribution is -1.98. The van der Waals surface area contributed by atoms with Crippen LogP contribution in [0.4, 0.5) is 5.69 Å². The van der Waals surface area contributed by atoms with Gasteiger partial charge in [-0.15, -0.1) is 0 Å². The molecule has 0 fully saturated rings. The Labute approximate surface area is 132 Å². The van der Waals surface area contributed by atoms with Gasteiger partial charge in [0.25, 0.3) is 5.69 Å². The van der Waals surface area contributed by atoms with Crippen molar-refractivity contribution in [1.29, 1.82) is 0 Å². The molecule has 0 spiro atoms. The molecule has 0 aliphatic heterocycles. The van der Waals surface area contributed by atoms with Crippen molar-refractivity contribution >= 4 is 39.3 Å². The number of hydrogen-bond donors (Lipinski definition) is 1. The van der Waals surface area contributed by atoms with Gasteiger partial charge in [0.05, 0.1) is 10.5 Å². The van der Waals surface area contributed by atoms with Crippen molar-refractivity contribution in [2.75, 3.05) is 0 Å². The molecule has 0 saturated carbocycles. The number of benzene rings is 1. The van der Waals surface area contributed by atoms with Crippen LogP contribution in [0, 0.1) is 17.0 Å². The Kier molecular flexibility index (Phi) is 4.59. The van der Waals surface area contributed by atoms with E-state index in [2.05, 4.69) is 20.9 Å². The molecule has 1 heterocycles. The number of nitrogens with zero attached hydrogens (tertiary/aromatic N) is 2. The maximum Gasteiger partial charge on any atom is 0.336 e. The zero-order valence-corrected chi connectivity index (χ0v) is 13.1. The van der Waals surface area contributed by atoms with Crippen molar-refractivity contribution < 1.29 is 14.8 Å². The standard InChI is InChI=1S/C13H9BrN2O4S/c1-7-11(16(19)20)4-5-12(15-7)21-8-2-3-10(14)9(6-8)13(17)18/h2-6H,1H3,(H,17,18). The van der Waals surface area contributed by atoms with E-state index in [9.17, 15) is 14.9 Å². The first kappa shape index (κ1) is 15.5. The second-order valence-corrected chi connectivity index (χ2v) is 6.01. The van der Waals surface area contributed by atoms with Gasteiger partial charge in [0.15, 0.2) is 0 Å². The number of carboxylic acid groups (broad SMARTS) is 1. The lowest BCUT2D eigenvalue weighted by molar-refractivity contribution is -0.385. The zero-order valence-electron chi connectivity index (χ0n) is 10.7. The Morgan fingerprint density at radius 1 is 1.38 bits per heavy atom. The first-order valence-electron chi connectivity index (χ1n) is 5.71. The fraction of sp³-hybridized carbons (Fsp3) is 0.0769. The number of aromatic carboxylic acids is 1. The van der Waals surface area contributed by atoms with Crippen LogP contribution >= 0.6 is 27.7 Å². The predicted octanol–water partition coefficient (Wildman–Crippen LogP) is 3.91. The summed E-state index contributed by atoms with van der Waals surface area (Å²) in [6.45, 7) is 1.56. The topological polar surface area (TPSA) is 93.3 Å². The van der Waals surface area contributed by atoms with Gasteiger partial charge in [0.1, 0.15) is 10.7 Å². The largest absolute Gasteiger partial charge is 0.478 e. The second kappa shape index (κ2) is 6.23. The molecule has 0 unspecified atom stereocenters. The summed E-state index contributed by atoms with van der Waals surface area (Å²) in [6, 6.07) is 7.85. The van der Waals surface area contributed by atoms with Crippen LogP contribution in [0.15, 0.2) is 44.7 Å². The Bertz CT molecular complexity index is 736. The van der Waals surface area contributed by atoms with Crippen molar-refractivity contribution in [1.82, 2.24) is 4.98 Å². The van der Waals surface area contributed by atoms with Gasteiger partial charge in [-0.3, -0.25) is 10.1 Å². The van der Waals surface area contributed by atoms with E-state index in [1.807, 2.05) is 0 Å². The summed E-state index contributed by atoms with van der Waals surface area (Å²) in [7, 11) is 0. The van der Waals surface area contributed by atoms with Crippen LogP contribution < -0.4 is 0 Å². The van der Waals surface area contributed by atoms with Crippen LogP contribution in [-0.2, 0) is 0 Å². The average molecular weight is 369 g/mol. The lowest BCUT2D eigenvalue weighted by Gasteiger charge is -2.05. The third-order valence-corrected chi connectivity index (χ3v) is 4.24. The molecule has 108 valence electrons.